The highest BCUT2D eigenvalue weighted by molar-refractivity contribution is 5.99. The summed E-state index contributed by atoms with van der Waals surface area (Å²) in [7, 11) is 0. The van der Waals surface area contributed by atoms with Crippen LogP contribution in [0.25, 0.3) is 0 Å². The molecule has 0 saturated carbocycles. The molecule has 0 radical (unpaired) electrons. The van der Waals surface area contributed by atoms with Crippen LogP contribution < -0.4 is 5.32 Å². The molecule has 2 heteroatoms. The van der Waals surface area contributed by atoms with Crippen LogP contribution in [0.5, 0.6) is 0 Å². The topological polar surface area (TPSA) is 29.1 Å². The Balaban J connectivity index is 2.80. The van der Waals surface area contributed by atoms with Crippen LogP contribution in [0.3, 0.4) is 0 Å². The summed E-state index contributed by atoms with van der Waals surface area (Å²) >= 11 is 0. The highest BCUT2D eigenvalue weighted by Gasteiger charge is 2.01. The number of benzene rings is 1. The van der Waals surface area contributed by atoms with E-state index < -0.39 is 0 Å². The van der Waals surface area contributed by atoms with Crippen LogP contribution in [0.15, 0.2) is 36.4 Å². The van der Waals surface area contributed by atoms with Gasteiger partial charge < -0.3 is 5.32 Å². The first kappa shape index (κ1) is 10.5. The molecule has 1 aromatic carbocycles. The minimum Gasteiger partial charge on any atom is -0.322 e. The Kier molecular flexibility index (Phi) is 3.92. The van der Waals surface area contributed by atoms with Gasteiger partial charge in [0, 0.05) is 5.69 Å². The van der Waals surface area contributed by atoms with Crippen LogP contribution in [0.4, 0.5) is 5.69 Å². The number of amides is 1. The summed E-state index contributed by atoms with van der Waals surface area (Å²) in [5.41, 5.74) is 2.06. The Morgan fingerprint density at radius 3 is 2.79 bits per heavy atom. The van der Waals surface area contributed by atoms with E-state index in [4.69, 9.17) is 0 Å². The molecule has 0 atom stereocenters. The predicted octanol–water partition coefficient (Wildman–Crippen LogP) is 2.76. The summed E-state index contributed by atoms with van der Waals surface area (Å²) < 4.78 is 0. The van der Waals surface area contributed by atoms with Crippen LogP contribution in [0.1, 0.15) is 19.4 Å². The molecule has 0 heterocycles. The fourth-order valence-corrected chi connectivity index (χ4v) is 1.28. The van der Waals surface area contributed by atoms with Crippen molar-refractivity contribution in [1.82, 2.24) is 0 Å². The number of carbonyl (C=O) groups excluding carboxylic acids is 1. The highest BCUT2D eigenvalue weighted by Crippen LogP contribution is 2.15. The summed E-state index contributed by atoms with van der Waals surface area (Å²) in [6.07, 6.45) is 4.17. The fourth-order valence-electron chi connectivity index (χ4n) is 1.28. The zero-order chi connectivity index (χ0) is 10.4. The van der Waals surface area contributed by atoms with Crippen molar-refractivity contribution < 1.29 is 4.79 Å². The lowest BCUT2D eigenvalue weighted by Crippen LogP contribution is -2.09. The van der Waals surface area contributed by atoms with Gasteiger partial charge in [0.2, 0.25) is 5.91 Å². The maximum atomic E-state index is 11.3. The van der Waals surface area contributed by atoms with Gasteiger partial charge in [-0.1, -0.05) is 31.2 Å². The summed E-state index contributed by atoms with van der Waals surface area (Å²) in [5.74, 6) is -0.0756. The molecule has 2 nitrogen and oxygen atoms in total. The van der Waals surface area contributed by atoms with Gasteiger partial charge in [0.1, 0.15) is 0 Å². The summed E-state index contributed by atoms with van der Waals surface area (Å²) in [5, 5.41) is 2.84. The first-order valence-corrected chi connectivity index (χ1v) is 4.79. The van der Waals surface area contributed by atoms with Crippen molar-refractivity contribution in [3.8, 4) is 0 Å². The largest absolute Gasteiger partial charge is 0.322 e. The zero-order valence-corrected chi connectivity index (χ0v) is 8.58. The zero-order valence-electron chi connectivity index (χ0n) is 8.58. The van der Waals surface area contributed by atoms with Gasteiger partial charge in [-0.3, -0.25) is 4.79 Å². The van der Waals surface area contributed by atoms with E-state index >= 15 is 0 Å². The summed E-state index contributed by atoms with van der Waals surface area (Å²) in [6, 6.07) is 7.83. The number of para-hydroxylation sites is 1. The lowest BCUT2D eigenvalue weighted by Gasteiger charge is -2.07. The van der Waals surface area contributed by atoms with E-state index in [-0.39, 0.29) is 5.91 Å². The predicted molar refractivity (Wildman–Crippen MR) is 59.3 cm³/mol. The second-order valence-electron chi connectivity index (χ2n) is 3.00. The van der Waals surface area contributed by atoms with Crippen molar-refractivity contribution in [2.75, 3.05) is 5.32 Å². The van der Waals surface area contributed by atoms with Crippen LogP contribution in [-0.4, -0.2) is 5.91 Å². The highest BCUT2D eigenvalue weighted by atomic mass is 16.1. The van der Waals surface area contributed by atoms with Gasteiger partial charge in [0.05, 0.1) is 0 Å². The van der Waals surface area contributed by atoms with Crippen molar-refractivity contribution in [3.05, 3.63) is 42.0 Å². The molecule has 0 saturated heterocycles. The number of aryl methyl sites for hydroxylation is 1. The molecule has 74 valence electrons. The molecule has 1 rings (SSSR count). The molecular formula is C12H15NO. The molecule has 1 aromatic rings. The average molecular weight is 189 g/mol. The lowest BCUT2D eigenvalue weighted by molar-refractivity contribution is -0.111. The quantitative estimate of drug-likeness (QED) is 0.728. The minimum atomic E-state index is -0.0756. The Bertz CT molecular complexity index is 342. The third-order valence-electron chi connectivity index (χ3n) is 1.97. The molecule has 0 bridgehead atoms. The monoisotopic (exact) mass is 189 g/mol. The van der Waals surface area contributed by atoms with Gasteiger partial charge >= 0.3 is 0 Å². The van der Waals surface area contributed by atoms with Crippen molar-refractivity contribution in [3.63, 3.8) is 0 Å². The lowest BCUT2D eigenvalue weighted by atomic mass is 10.1. The van der Waals surface area contributed by atoms with Crippen molar-refractivity contribution in [2.45, 2.75) is 20.3 Å². The number of carbonyl (C=O) groups is 1. The van der Waals surface area contributed by atoms with Gasteiger partial charge in [-0.25, -0.2) is 0 Å². The number of rotatable bonds is 3. The third kappa shape index (κ3) is 2.73. The summed E-state index contributed by atoms with van der Waals surface area (Å²) in [4.78, 5) is 11.3. The molecule has 14 heavy (non-hydrogen) atoms. The number of anilines is 1. The third-order valence-corrected chi connectivity index (χ3v) is 1.97. The molecular weight excluding hydrogens is 174 g/mol. The van der Waals surface area contributed by atoms with Crippen LogP contribution in [-0.2, 0) is 11.2 Å². The normalized spacial score (nSPS) is 10.4. The van der Waals surface area contributed by atoms with E-state index in [1.807, 2.05) is 31.2 Å². The van der Waals surface area contributed by atoms with Crippen molar-refractivity contribution >= 4 is 11.6 Å². The van der Waals surface area contributed by atoms with E-state index in [2.05, 4.69) is 12.2 Å². The fraction of sp³-hybridized carbons (Fsp3) is 0.250. The summed E-state index contributed by atoms with van der Waals surface area (Å²) in [6.45, 7) is 3.89. The van der Waals surface area contributed by atoms with Crippen LogP contribution >= 0.6 is 0 Å². The van der Waals surface area contributed by atoms with Crippen LogP contribution in [0, 0.1) is 0 Å². The molecule has 0 aliphatic heterocycles. The van der Waals surface area contributed by atoms with Gasteiger partial charge in [0.15, 0.2) is 0 Å². The molecule has 0 aromatic heterocycles. The number of hydrogen-bond donors (Lipinski definition) is 1. The van der Waals surface area contributed by atoms with E-state index in [1.54, 1.807) is 6.08 Å². The SMILES string of the molecule is C/C=C/C(=O)Nc1ccccc1CC. The molecule has 0 aliphatic rings. The molecule has 0 aliphatic carbocycles. The Morgan fingerprint density at radius 2 is 2.14 bits per heavy atom. The van der Waals surface area contributed by atoms with Gasteiger partial charge in [-0.15, -0.1) is 0 Å². The maximum absolute atomic E-state index is 11.3. The van der Waals surface area contributed by atoms with Crippen LogP contribution in [0.2, 0.25) is 0 Å². The maximum Gasteiger partial charge on any atom is 0.248 e. The molecule has 1 amide bonds. The molecule has 1 N–H and O–H groups in total. The smallest absolute Gasteiger partial charge is 0.248 e. The molecule has 0 spiro atoms. The van der Waals surface area contributed by atoms with Gasteiger partial charge in [0.25, 0.3) is 0 Å². The number of hydrogen-bond acceptors (Lipinski definition) is 1. The van der Waals surface area contributed by atoms with Crippen molar-refractivity contribution in [1.29, 1.82) is 0 Å². The number of nitrogens with one attached hydrogen (secondary N) is 1. The standard InChI is InChI=1S/C12H15NO/c1-3-7-12(14)13-11-9-6-5-8-10(11)4-2/h3,5-9H,4H2,1-2H3,(H,13,14)/b7-3+. The Labute approximate surface area is 84.6 Å². The second-order valence-corrected chi connectivity index (χ2v) is 3.00. The Morgan fingerprint density at radius 1 is 1.43 bits per heavy atom. The van der Waals surface area contributed by atoms with Crippen molar-refractivity contribution in [2.24, 2.45) is 0 Å². The number of allylic oxidation sites excluding steroid dienone is 1. The molecule has 0 fully saturated rings. The minimum absolute atomic E-state index is 0.0756. The molecule has 0 unspecified atom stereocenters. The van der Waals surface area contributed by atoms with E-state index in [0.29, 0.717) is 0 Å². The first-order valence-electron chi connectivity index (χ1n) is 4.79. The van der Waals surface area contributed by atoms with E-state index in [9.17, 15) is 4.79 Å². The van der Waals surface area contributed by atoms with Gasteiger partial charge in [-0.2, -0.15) is 0 Å². The van der Waals surface area contributed by atoms with E-state index in [0.717, 1.165) is 17.7 Å². The second kappa shape index (κ2) is 5.22. The van der Waals surface area contributed by atoms with Gasteiger partial charge in [-0.05, 0) is 31.1 Å². The average Bonchev–Trinajstić information content (AvgIpc) is 2.19. The first-order chi connectivity index (χ1) is 6.77. The van der Waals surface area contributed by atoms with E-state index in [1.165, 1.54) is 6.08 Å². The Hall–Kier alpha value is -1.57.